The van der Waals surface area contributed by atoms with Crippen molar-refractivity contribution in [3.63, 3.8) is 0 Å². The molecule has 0 radical (unpaired) electrons. The van der Waals surface area contributed by atoms with Gasteiger partial charge < -0.3 is 14.6 Å². The molecule has 1 aromatic heterocycles. The van der Waals surface area contributed by atoms with Crippen LogP contribution in [0.1, 0.15) is 32.0 Å². The van der Waals surface area contributed by atoms with Gasteiger partial charge in [-0.1, -0.05) is 25.1 Å². The van der Waals surface area contributed by atoms with Crippen molar-refractivity contribution < 1.29 is 9.53 Å². The molecule has 0 aliphatic heterocycles. The number of benzene rings is 1. The first-order valence-electron chi connectivity index (χ1n) is 8.68. The van der Waals surface area contributed by atoms with Crippen LogP contribution in [-0.4, -0.2) is 35.2 Å². The third-order valence-electron chi connectivity index (χ3n) is 3.96. The highest BCUT2D eigenvalue weighted by molar-refractivity contribution is 5.86. The number of unbranched alkanes of at least 4 members (excludes halogenated alkanes) is 2. The molecule has 5 nitrogen and oxygen atoms in total. The Morgan fingerprint density at radius 2 is 2.17 bits per heavy atom. The number of ether oxygens (including phenoxy) is 1. The zero-order valence-corrected chi connectivity index (χ0v) is 14.5. The Hall–Kier alpha value is -2.14. The van der Waals surface area contributed by atoms with Gasteiger partial charge in [-0.2, -0.15) is 0 Å². The standard InChI is InChI=1S/C19H27N3O2/c1-3-19(23)20-13-9-5-6-12-18-21-16-10-7-8-11-17(16)22(18)14-15-24-4-2/h3,7-8,10-11H,1,4-6,9,12-15H2,2H3,(H,20,23). The number of fused-ring (bicyclic) bond motifs is 1. The lowest BCUT2D eigenvalue weighted by Crippen LogP contribution is -2.21. The SMILES string of the molecule is C=CC(=O)NCCCCCc1nc2ccccc2n1CCOCC. The molecule has 0 fully saturated rings. The van der Waals surface area contributed by atoms with Crippen molar-refractivity contribution >= 4 is 16.9 Å². The normalized spacial score (nSPS) is 10.9. The van der Waals surface area contributed by atoms with Crippen LogP contribution in [0.4, 0.5) is 0 Å². The van der Waals surface area contributed by atoms with E-state index in [2.05, 4.69) is 28.6 Å². The van der Waals surface area contributed by atoms with E-state index >= 15 is 0 Å². The van der Waals surface area contributed by atoms with Gasteiger partial charge in [0.05, 0.1) is 17.6 Å². The predicted molar refractivity (Wildman–Crippen MR) is 97.0 cm³/mol. The lowest BCUT2D eigenvalue weighted by Gasteiger charge is -2.09. The van der Waals surface area contributed by atoms with E-state index in [-0.39, 0.29) is 5.91 Å². The number of carbonyl (C=O) groups is 1. The summed E-state index contributed by atoms with van der Waals surface area (Å²) in [5.74, 6) is 1.01. The second-order valence-electron chi connectivity index (χ2n) is 5.67. The predicted octanol–water partition coefficient (Wildman–Crippen LogP) is 3.09. The van der Waals surface area contributed by atoms with Gasteiger partial charge in [-0.05, 0) is 38.0 Å². The number of nitrogens with zero attached hydrogens (tertiary/aromatic N) is 2. The average molecular weight is 329 g/mol. The van der Waals surface area contributed by atoms with Crippen LogP contribution < -0.4 is 5.32 Å². The molecule has 130 valence electrons. The summed E-state index contributed by atoms with van der Waals surface area (Å²) in [6, 6.07) is 8.24. The van der Waals surface area contributed by atoms with Gasteiger partial charge >= 0.3 is 0 Å². The molecule has 0 saturated heterocycles. The molecule has 1 aromatic carbocycles. The second-order valence-corrected chi connectivity index (χ2v) is 5.67. The van der Waals surface area contributed by atoms with Gasteiger partial charge in [0.15, 0.2) is 0 Å². The highest BCUT2D eigenvalue weighted by Crippen LogP contribution is 2.17. The Bertz CT molecular complexity index is 664. The van der Waals surface area contributed by atoms with E-state index in [1.807, 2.05) is 19.1 Å². The largest absolute Gasteiger partial charge is 0.380 e. The van der Waals surface area contributed by atoms with E-state index in [0.717, 1.165) is 50.2 Å². The third kappa shape index (κ3) is 5.20. The van der Waals surface area contributed by atoms with Crippen LogP contribution >= 0.6 is 0 Å². The molecule has 1 amide bonds. The average Bonchev–Trinajstić information content (AvgIpc) is 2.95. The van der Waals surface area contributed by atoms with Crippen LogP contribution in [0.25, 0.3) is 11.0 Å². The van der Waals surface area contributed by atoms with Gasteiger partial charge in [-0.3, -0.25) is 4.79 Å². The molecule has 0 aliphatic carbocycles. The van der Waals surface area contributed by atoms with Gasteiger partial charge in [0.1, 0.15) is 5.82 Å². The molecule has 0 spiro atoms. The minimum atomic E-state index is -0.104. The van der Waals surface area contributed by atoms with Crippen LogP contribution in [0.2, 0.25) is 0 Å². The molecule has 24 heavy (non-hydrogen) atoms. The molecule has 2 aromatic rings. The smallest absolute Gasteiger partial charge is 0.243 e. The van der Waals surface area contributed by atoms with Crippen LogP contribution in [0.15, 0.2) is 36.9 Å². The van der Waals surface area contributed by atoms with E-state index in [1.165, 1.54) is 11.6 Å². The summed E-state index contributed by atoms with van der Waals surface area (Å²) < 4.78 is 7.77. The summed E-state index contributed by atoms with van der Waals surface area (Å²) in [7, 11) is 0. The first-order chi connectivity index (χ1) is 11.8. The van der Waals surface area contributed by atoms with Crippen LogP contribution in [0.3, 0.4) is 0 Å². The molecule has 0 saturated carbocycles. The Kier molecular flexibility index (Phi) is 7.49. The number of hydrogen-bond donors (Lipinski definition) is 1. The highest BCUT2D eigenvalue weighted by atomic mass is 16.5. The molecule has 1 N–H and O–H groups in total. The lowest BCUT2D eigenvalue weighted by molar-refractivity contribution is -0.116. The Morgan fingerprint density at radius 1 is 1.33 bits per heavy atom. The zero-order valence-electron chi connectivity index (χ0n) is 14.5. The zero-order chi connectivity index (χ0) is 17.2. The first kappa shape index (κ1) is 18.2. The van der Waals surface area contributed by atoms with E-state index in [4.69, 9.17) is 9.72 Å². The van der Waals surface area contributed by atoms with Crippen molar-refractivity contribution in [3.05, 3.63) is 42.7 Å². The molecule has 0 bridgehead atoms. The minimum Gasteiger partial charge on any atom is -0.380 e. The fourth-order valence-corrected chi connectivity index (χ4v) is 2.73. The maximum Gasteiger partial charge on any atom is 0.243 e. The molecular formula is C19H27N3O2. The fourth-order valence-electron chi connectivity index (χ4n) is 2.73. The van der Waals surface area contributed by atoms with E-state index < -0.39 is 0 Å². The van der Waals surface area contributed by atoms with E-state index in [1.54, 1.807) is 0 Å². The van der Waals surface area contributed by atoms with Crippen molar-refractivity contribution in [2.45, 2.75) is 39.2 Å². The molecule has 0 atom stereocenters. The molecule has 1 heterocycles. The van der Waals surface area contributed by atoms with Gasteiger partial charge in [0.25, 0.3) is 0 Å². The lowest BCUT2D eigenvalue weighted by atomic mass is 10.2. The van der Waals surface area contributed by atoms with Crippen molar-refractivity contribution in [2.24, 2.45) is 0 Å². The minimum absolute atomic E-state index is 0.104. The van der Waals surface area contributed by atoms with Crippen molar-refractivity contribution in [1.82, 2.24) is 14.9 Å². The summed E-state index contributed by atoms with van der Waals surface area (Å²) in [4.78, 5) is 15.9. The van der Waals surface area contributed by atoms with Crippen LogP contribution in [0, 0.1) is 0 Å². The maximum atomic E-state index is 11.1. The van der Waals surface area contributed by atoms with Gasteiger partial charge in [-0.25, -0.2) is 4.98 Å². The summed E-state index contributed by atoms with van der Waals surface area (Å²) >= 11 is 0. The number of para-hydroxylation sites is 2. The molecular weight excluding hydrogens is 302 g/mol. The quantitative estimate of drug-likeness (QED) is 0.509. The van der Waals surface area contributed by atoms with Crippen molar-refractivity contribution in [3.8, 4) is 0 Å². The molecule has 5 heteroatoms. The van der Waals surface area contributed by atoms with E-state index in [9.17, 15) is 4.79 Å². The Balaban J connectivity index is 1.89. The number of hydrogen-bond acceptors (Lipinski definition) is 3. The van der Waals surface area contributed by atoms with Crippen molar-refractivity contribution in [2.75, 3.05) is 19.8 Å². The van der Waals surface area contributed by atoms with Gasteiger partial charge in [0.2, 0.25) is 5.91 Å². The maximum absolute atomic E-state index is 11.1. The van der Waals surface area contributed by atoms with Crippen molar-refractivity contribution in [1.29, 1.82) is 0 Å². The topological polar surface area (TPSA) is 56.2 Å². The molecule has 0 aliphatic rings. The van der Waals surface area contributed by atoms with E-state index in [0.29, 0.717) is 13.2 Å². The number of carbonyl (C=O) groups excluding carboxylic acids is 1. The first-order valence-corrected chi connectivity index (χ1v) is 8.68. The monoisotopic (exact) mass is 329 g/mol. The molecule has 0 unspecified atom stereocenters. The number of aromatic nitrogens is 2. The number of rotatable bonds is 11. The van der Waals surface area contributed by atoms with Crippen LogP contribution in [0.5, 0.6) is 0 Å². The Labute approximate surface area is 143 Å². The van der Waals surface area contributed by atoms with Gasteiger partial charge in [-0.15, -0.1) is 0 Å². The number of aryl methyl sites for hydroxylation is 1. The summed E-state index contributed by atoms with van der Waals surface area (Å²) in [5.41, 5.74) is 2.22. The molecule has 2 rings (SSSR count). The number of imidazole rings is 1. The van der Waals surface area contributed by atoms with Gasteiger partial charge in [0, 0.05) is 26.1 Å². The van der Waals surface area contributed by atoms with Crippen LogP contribution in [-0.2, 0) is 22.5 Å². The second kappa shape index (κ2) is 9.88. The third-order valence-corrected chi connectivity index (χ3v) is 3.96. The number of amides is 1. The Morgan fingerprint density at radius 3 is 2.96 bits per heavy atom. The number of nitrogens with one attached hydrogen (secondary N) is 1. The summed E-state index contributed by atoms with van der Waals surface area (Å²) in [5, 5.41) is 2.80. The highest BCUT2D eigenvalue weighted by Gasteiger charge is 2.09. The summed E-state index contributed by atoms with van der Waals surface area (Å²) in [6.07, 6.45) is 5.34. The fraction of sp³-hybridized carbons (Fsp3) is 0.474. The summed E-state index contributed by atoms with van der Waals surface area (Å²) in [6.45, 7) is 8.43.